The fourth-order valence-corrected chi connectivity index (χ4v) is 12.3. The molecule has 0 aromatic heterocycles. The van der Waals surface area contributed by atoms with Gasteiger partial charge < -0.3 is 33.8 Å². The highest BCUT2D eigenvalue weighted by Crippen LogP contribution is 2.45. The van der Waals surface area contributed by atoms with E-state index >= 15 is 0 Å². The van der Waals surface area contributed by atoms with E-state index in [0.29, 0.717) is 25.7 Å². The number of aliphatic hydroxyl groups is 1. The third-order valence-corrected chi connectivity index (χ3v) is 18.9. The summed E-state index contributed by atoms with van der Waals surface area (Å²) in [6, 6.07) is 0. The minimum absolute atomic E-state index is 0.0709. The quantitative estimate of drug-likeness (QED) is 0.0169. The lowest BCUT2D eigenvalue weighted by Crippen LogP contribution is -2.30. The number of aliphatic hydroxyl groups excluding tert-OH is 1. The molecule has 0 fully saturated rings. The number of hydrogen-bond donors (Lipinski definition) is 3. The molecular formula is C89H148O17P2. The van der Waals surface area contributed by atoms with Gasteiger partial charge in [-0.25, -0.2) is 9.13 Å². The molecule has 0 aliphatic carbocycles. The second kappa shape index (κ2) is 79.8. The van der Waals surface area contributed by atoms with Crippen molar-refractivity contribution in [3.05, 3.63) is 158 Å². The maximum absolute atomic E-state index is 13.1. The summed E-state index contributed by atoms with van der Waals surface area (Å²) in [5.74, 6) is -2.23. The molecule has 19 heteroatoms. The fourth-order valence-electron chi connectivity index (χ4n) is 10.7. The topological polar surface area (TPSA) is 237 Å². The zero-order valence-corrected chi connectivity index (χ0v) is 69.3. The molecule has 0 bridgehead atoms. The van der Waals surface area contributed by atoms with E-state index in [2.05, 4.69) is 186 Å². The first-order chi connectivity index (χ1) is 52.7. The van der Waals surface area contributed by atoms with Gasteiger partial charge in [0.15, 0.2) is 12.2 Å². The van der Waals surface area contributed by atoms with Crippen LogP contribution in [0.5, 0.6) is 0 Å². The van der Waals surface area contributed by atoms with Gasteiger partial charge in [0.05, 0.1) is 26.4 Å². The number of phosphoric ester groups is 2. The van der Waals surface area contributed by atoms with Crippen LogP contribution in [0.2, 0.25) is 0 Å². The summed E-state index contributed by atoms with van der Waals surface area (Å²) in [4.78, 5) is 73.2. The summed E-state index contributed by atoms with van der Waals surface area (Å²) >= 11 is 0. The normalized spacial score (nSPS) is 14.6. The van der Waals surface area contributed by atoms with Gasteiger partial charge in [-0.05, 0) is 161 Å². The van der Waals surface area contributed by atoms with Crippen molar-refractivity contribution in [2.45, 2.75) is 341 Å². The molecule has 616 valence electrons. The SMILES string of the molecule is CC/C=C\C/C=C\C/C=C\C/C=C\CCCCCCCCC(=O)OCC(COP(=O)(O)OCC(O)COP(=O)(O)OCC(COC(=O)CCCCCCCC/C=C\C/C=C\C/C=C\C/C=C\CC)OC(=O)CCCCCCCCC/C=C\C/C=C\C/C=C\CC)OC(=O)CCCCCCC/C=C\C/C=C\CCC. The highest BCUT2D eigenvalue weighted by atomic mass is 31.2. The summed E-state index contributed by atoms with van der Waals surface area (Å²) in [5.41, 5.74) is 0. The largest absolute Gasteiger partial charge is 0.472 e. The number of allylic oxidation sites excluding steroid dienone is 26. The molecule has 0 saturated heterocycles. The Bertz CT molecular complexity index is 2660. The number of carbonyl (C=O) groups is 4. The van der Waals surface area contributed by atoms with E-state index < -0.39 is 97.5 Å². The number of hydrogen-bond acceptors (Lipinski definition) is 15. The molecule has 0 aliphatic heterocycles. The van der Waals surface area contributed by atoms with E-state index in [1.54, 1.807) is 0 Å². The third-order valence-electron chi connectivity index (χ3n) is 16.9. The van der Waals surface area contributed by atoms with Crippen LogP contribution < -0.4 is 0 Å². The van der Waals surface area contributed by atoms with Crippen molar-refractivity contribution in [2.24, 2.45) is 0 Å². The lowest BCUT2D eigenvalue weighted by atomic mass is 10.1. The van der Waals surface area contributed by atoms with Crippen LogP contribution in [-0.2, 0) is 65.4 Å². The van der Waals surface area contributed by atoms with Crippen LogP contribution in [0.15, 0.2) is 158 Å². The number of unbranched alkanes of at least 4 members (excludes halogenated alkanes) is 25. The minimum atomic E-state index is -4.99. The molecule has 5 unspecified atom stereocenters. The third kappa shape index (κ3) is 78.8. The van der Waals surface area contributed by atoms with Crippen LogP contribution in [0.3, 0.4) is 0 Å². The predicted octanol–water partition coefficient (Wildman–Crippen LogP) is 24.8. The summed E-state index contributed by atoms with van der Waals surface area (Å²) in [5, 5.41) is 10.7. The van der Waals surface area contributed by atoms with Crippen molar-refractivity contribution >= 4 is 39.5 Å². The Kier molecular flexibility index (Phi) is 75.8. The summed E-state index contributed by atoms with van der Waals surface area (Å²) in [6.07, 6.45) is 93.5. The van der Waals surface area contributed by atoms with Crippen LogP contribution in [0.25, 0.3) is 0 Å². The number of carbonyl (C=O) groups excluding carboxylic acids is 4. The molecule has 0 saturated carbocycles. The van der Waals surface area contributed by atoms with E-state index in [9.17, 15) is 43.2 Å². The molecule has 0 aliphatic rings. The van der Waals surface area contributed by atoms with Crippen molar-refractivity contribution in [3.8, 4) is 0 Å². The summed E-state index contributed by atoms with van der Waals surface area (Å²) in [7, 11) is -9.99. The van der Waals surface area contributed by atoms with E-state index in [4.69, 9.17) is 37.0 Å². The van der Waals surface area contributed by atoms with Crippen LogP contribution in [0.1, 0.15) is 323 Å². The van der Waals surface area contributed by atoms with Crippen LogP contribution in [0, 0.1) is 0 Å². The van der Waals surface area contributed by atoms with Crippen molar-refractivity contribution < 1.29 is 80.2 Å². The maximum Gasteiger partial charge on any atom is 0.472 e. The smallest absolute Gasteiger partial charge is 0.462 e. The van der Waals surface area contributed by atoms with E-state index in [0.717, 1.165) is 244 Å². The van der Waals surface area contributed by atoms with Crippen LogP contribution in [0.4, 0.5) is 0 Å². The Labute approximate surface area is 655 Å². The van der Waals surface area contributed by atoms with Crippen molar-refractivity contribution in [1.82, 2.24) is 0 Å². The average Bonchev–Trinajstić information content (AvgIpc) is 0.916. The molecule has 108 heavy (non-hydrogen) atoms. The molecule has 0 amide bonds. The summed E-state index contributed by atoms with van der Waals surface area (Å²) in [6.45, 7) is 4.43. The molecule has 17 nitrogen and oxygen atoms in total. The molecular weight excluding hydrogens is 1400 g/mol. The second-order valence-electron chi connectivity index (χ2n) is 27.3. The first kappa shape index (κ1) is 103. The Morgan fingerprint density at radius 3 is 0.741 bits per heavy atom. The first-order valence-electron chi connectivity index (χ1n) is 41.7. The molecule has 5 atom stereocenters. The monoisotopic (exact) mass is 1550 g/mol. The number of phosphoric acid groups is 2. The van der Waals surface area contributed by atoms with Crippen LogP contribution >= 0.6 is 15.6 Å². The molecule has 0 aromatic carbocycles. The molecule has 0 heterocycles. The number of ether oxygens (including phenoxy) is 4. The van der Waals surface area contributed by atoms with Gasteiger partial charge in [0.2, 0.25) is 0 Å². The summed E-state index contributed by atoms with van der Waals surface area (Å²) < 4.78 is 68.7. The van der Waals surface area contributed by atoms with Gasteiger partial charge in [-0.2, -0.15) is 0 Å². The highest BCUT2D eigenvalue weighted by molar-refractivity contribution is 7.47. The minimum Gasteiger partial charge on any atom is -0.462 e. The first-order valence-corrected chi connectivity index (χ1v) is 44.7. The van der Waals surface area contributed by atoms with Crippen LogP contribution in [-0.4, -0.2) is 96.7 Å². The maximum atomic E-state index is 13.1. The van der Waals surface area contributed by atoms with Gasteiger partial charge in [-0.3, -0.25) is 37.3 Å². The lowest BCUT2D eigenvalue weighted by Gasteiger charge is -2.21. The Balaban J connectivity index is 5.40. The van der Waals surface area contributed by atoms with E-state index in [-0.39, 0.29) is 25.7 Å². The Morgan fingerprint density at radius 1 is 0.269 bits per heavy atom. The highest BCUT2D eigenvalue weighted by Gasteiger charge is 2.30. The van der Waals surface area contributed by atoms with Gasteiger partial charge in [-0.1, -0.05) is 295 Å². The zero-order chi connectivity index (χ0) is 78.9. The van der Waals surface area contributed by atoms with Crippen molar-refractivity contribution in [2.75, 3.05) is 39.6 Å². The van der Waals surface area contributed by atoms with Gasteiger partial charge in [0.25, 0.3) is 0 Å². The van der Waals surface area contributed by atoms with Crippen molar-refractivity contribution in [1.29, 1.82) is 0 Å². The fraction of sp³-hybridized carbons (Fsp3) is 0.663. The molecule has 3 N–H and O–H groups in total. The number of esters is 4. The molecule has 0 aromatic rings. The van der Waals surface area contributed by atoms with Gasteiger partial charge >= 0.3 is 39.5 Å². The van der Waals surface area contributed by atoms with E-state index in [1.165, 1.54) is 0 Å². The zero-order valence-electron chi connectivity index (χ0n) is 67.5. The van der Waals surface area contributed by atoms with Gasteiger partial charge in [0.1, 0.15) is 19.3 Å². The average molecular weight is 1550 g/mol. The van der Waals surface area contributed by atoms with Gasteiger partial charge in [-0.15, -0.1) is 0 Å². The predicted molar refractivity (Wildman–Crippen MR) is 445 cm³/mol. The Hall–Kier alpha value is -5.32. The molecule has 0 spiro atoms. The lowest BCUT2D eigenvalue weighted by molar-refractivity contribution is -0.161. The number of rotatable bonds is 77. The Morgan fingerprint density at radius 2 is 0.481 bits per heavy atom. The van der Waals surface area contributed by atoms with Gasteiger partial charge in [0, 0.05) is 25.7 Å². The second-order valence-corrected chi connectivity index (χ2v) is 30.2. The van der Waals surface area contributed by atoms with Crippen molar-refractivity contribution in [3.63, 3.8) is 0 Å². The molecule has 0 radical (unpaired) electrons. The van der Waals surface area contributed by atoms with E-state index in [1.807, 2.05) is 0 Å². The standard InChI is InChI=1S/C89H148O17P2/c1-5-9-13-17-21-25-29-33-36-39-41-44-46-50-53-57-61-65-69-73-86(91)99-79-84(105-88(93)75-71-67-63-59-55-49-32-28-24-20-16-12-8-4)81-103-107(95,96)101-77-83(90)78-102-108(97,98)104-82-85(106-89(94)76-72-68-64-60-56-52-48-43-38-35-31-27-23-19-15-11-7-3)80-100-87(92)74-70-66-62-58-54-51-47-45-42-40-37-34-30-26-22-18-14-10-6-2/h9-11,13-16,20-23,25-28,32-38,41-42,44-45,83-85,90H,5-8,12,17-19,24,29-31,39-40,43,46-82H2,1-4H3,(H,95,96)(H,97,98)/b13-9-,14-10-,15-11-,20-16-,25-21-,26-22-,27-23-,32-28-,36-33-,37-34-,38-35-,44-41-,45-42-. The molecule has 0 rings (SSSR count).